The first-order valence-corrected chi connectivity index (χ1v) is 10.4. The van der Waals surface area contributed by atoms with Gasteiger partial charge in [-0.1, -0.05) is 36.4 Å². The summed E-state index contributed by atoms with van der Waals surface area (Å²) in [7, 11) is -3.44. The summed E-state index contributed by atoms with van der Waals surface area (Å²) in [6.45, 7) is 1.88. The Kier molecular flexibility index (Phi) is 6.06. The van der Waals surface area contributed by atoms with Crippen LogP contribution in [0.2, 0.25) is 0 Å². The van der Waals surface area contributed by atoms with Crippen molar-refractivity contribution in [3.63, 3.8) is 0 Å². The minimum atomic E-state index is -3.44. The van der Waals surface area contributed by atoms with Crippen LogP contribution in [0.25, 0.3) is 0 Å². The Bertz CT molecular complexity index is 815. The van der Waals surface area contributed by atoms with Crippen molar-refractivity contribution in [3.8, 4) is 0 Å². The number of carbonyl (C=O) groups is 1. The van der Waals surface area contributed by atoms with Crippen LogP contribution < -0.4 is 4.72 Å². The van der Waals surface area contributed by atoms with Crippen LogP contribution in [0.15, 0.2) is 65.6 Å². The van der Waals surface area contributed by atoms with Gasteiger partial charge in [-0.15, -0.1) is 0 Å². The van der Waals surface area contributed by atoms with Gasteiger partial charge in [0.2, 0.25) is 10.0 Å². The third kappa shape index (κ3) is 4.71. The van der Waals surface area contributed by atoms with E-state index in [4.69, 9.17) is 0 Å². The van der Waals surface area contributed by atoms with Gasteiger partial charge in [0.25, 0.3) is 5.91 Å². The maximum Gasteiger partial charge on any atom is 0.253 e. The minimum absolute atomic E-state index is 0.0776. The van der Waals surface area contributed by atoms with Gasteiger partial charge in [-0.05, 0) is 49.4 Å². The lowest BCUT2D eigenvalue weighted by atomic mass is 9.93. The van der Waals surface area contributed by atoms with Crippen LogP contribution in [0.4, 0.5) is 0 Å². The molecule has 5 nitrogen and oxygen atoms in total. The molecule has 0 bridgehead atoms. The molecule has 2 aromatic rings. The van der Waals surface area contributed by atoms with Gasteiger partial charge in [0.05, 0.1) is 4.90 Å². The standard InChI is InChI=1S/C20H24N2O3S/c23-20(18-7-3-1-4-8-18)22-15-12-17(13-16-22)11-14-21-26(24,25)19-9-5-2-6-10-19/h1-10,17,21H,11-16H2. The fourth-order valence-corrected chi connectivity index (χ4v) is 4.34. The van der Waals surface area contributed by atoms with E-state index in [0.717, 1.165) is 37.9 Å². The molecule has 1 saturated heterocycles. The topological polar surface area (TPSA) is 66.5 Å². The summed E-state index contributed by atoms with van der Waals surface area (Å²) in [6.07, 6.45) is 2.61. The van der Waals surface area contributed by atoms with Crippen LogP contribution in [-0.2, 0) is 10.0 Å². The molecule has 1 fully saturated rings. The predicted octanol–water partition coefficient (Wildman–Crippen LogP) is 2.91. The molecule has 0 saturated carbocycles. The summed E-state index contributed by atoms with van der Waals surface area (Å²) >= 11 is 0. The maximum atomic E-state index is 12.4. The Morgan fingerprint density at radius 3 is 2.15 bits per heavy atom. The first kappa shape index (κ1) is 18.6. The summed E-state index contributed by atoms with van der Waals surface area (Å²) in [4.78, 5) is 14.6. The predicted molar refractivity (Wildman–Crippen MR) is 101 cm³/mol. The molecule has 138 valence electrons. The number of hydrogen-bond donors (Lipinski definition) is 1. The Hall–Kier alpha value is -2.18. The molecule has 1 aliphatic heterocycles. The highest BCUT2D eigenvalue weighted by Gasteiger charge is 2.23. The van der Waals surface area contributed by atoms with Gasteiger partial charge in [0, 0.05) is 25.2 Å². The van der Waals surface area contributed by atoms with Crippen LogP contribution in [0.3, 0.4) is 0 Å². The SMILES string of the molecule is O=C(c1ccccc1)N1CCC(CCNS(=O)(=O)c2ccccc2)CC1. The number of nitrogens with one attached hydrogen (secondary N) is 1. The molecular weight excluding hydrogens is 348 g/mol. The number of nitrogens with zero attached hydrogens (tertiary/aromatic N) is 1. The highest BCUT2D eigenvalue weighted by atomic mass is 32.2. The molecular formula is C20H24N2O3S. The lowest BCUT2D eigenvalue weighted by Crippen LogP contribution is -2.39. The molecule has 0 aromatic heterocycles. The second-order valence-corrected chi connectivity index (χ2v) is 8.37. The summed E-state index contributed by atoms with van der Waals surface area (Å²) in [5.41, 5.74) is 0.724. The molecule has 0 spiro atoms. The fourth-order valence-electron chi connectivity index (χ4n) is 3.27. The average Bonchev–Trinajstić information content (AvgIpc) is 2.69. The number of rotatable bonds is 6. The number of amides is 1. The van der Waals surface area contributed by atoms with E-state index in [1.165, 1.54) is 0 Å². The van der Waals surface area contributed by atoms with Crippen molar-refractivity contribution in [2.75, 3.05) is 19.6 Å². The first-order valence-electron chi connectivity index (χ1n) is 8.95. The summed E-state index contributed by atoms with van der Waals surface area (Å²) in [5, 5.41) is 0. The molecule has 0 aliphatic carbocycles. The van der Waals surface area contributed by atoms with Gasteiger partial charge in [0.1, 0.15) is 0 Å². The largest absolute Gasteiger partial charge is 0.339 e. The third-order valence-corrected chi connectivity index (χ3v) is 6.30. The molecule has 0 unspecified atom stereocenters. The van der Waals surface area contributed by atoms with E-state index in [2.05, 4.69) is 4.72 Å². The quantitative estimate of drug-likeness (QED) is 0.848. The Labute approximate surface area is 155 Å². The number of hydrogen-bond acceptors (Lipinski definition) is 3. The van der Waals surface area contributed by atoms with Gasteiger partial charge >= 0.3 is 0 Å². The average molecular weight is 372 g/mol. The van der Waals surface area contributed by atoms with E-state index >= 15 is 0 Å². The van der Waals surface area contributed by atoms with Gasteiger partial charge in [0.15, 0.2) is 0 Å². The fraction of sp³-hybridized carbons (Fsp3) is 0.350. The molecule has 1 heterocycles. The van der Waals surface area contributed by atoms with Gasteiger partial charge in [-0.25, -0.2) is 13.1 Å². The van der Waals surface area contributed by atoms with Gasteiger partial charge < -0.3 is 4.90 Å². The Morgan fingerprint density at radius 1 is 0.962 bits per heavy atom. The van der Waals surface area contributed by atoms with Crippen molar-refractivity contribution in [1.82, 2.24) is 9.62 Å². The zero-order valence-electron chi connectivity index (χ0n) is 14.7. The van der Waals surface area contributed by atoms with E-state index in [9.17, 15) is 13.2 Å². The zero-order chi connectivity index (χ0) is 18.4. The number of carbonyl (C=O) groups excluding carboxylic acids is 1. The second kappa shape index (κ2) is 8.47. The number of likely N-dealkylation sites (tertiary alicyclic amines) is 1. The first-order chi connectivity index (χ1) is 12.6. The minimum Gasteiger partial charge on any atom is -0.339 e. The molecule has 1 aliphatic rings. The Balaban J connectivity index is 1.44. The van der Waals surface area contributed by atoms with E-state index < -0.39 is 10.0 Å². The van der Waals surface area contributed by atoms with Crippen LogP contribution in [-0.4, -0.2) is 38.9 Å². The molecule has 0 radical (unpaired) electrons. The third-order valence-electron chi connectivity index (χ3n) is 4.82. The molecule has 3 rings (SSSR count). The van der Waals surface area contributed by atoms with Gasteiger partial charge in [-0.3, -0.25) is 4.79 Å². The van der Waals surface area contributed by atoms with Crippen molar-refractivity contribution in [3.05, 3.63) is 66.2 Å². The monoisotopic (exact) mass is 372 g/mol. The van der Waals surface area contributed by atoms with Crippen LogP contribution in [0.5, 0.6) is 0 Å². The molecule has 26 heavy (non-hydrogen) atoms. The van der Waals surface area contributed by atoms with Crippen LogP contribution in [0.1, 0.15) is 29.6 Å². The molecule has 1 N–H and O–H groups in total. The van der Waals surface area contributed by atoms with Crippen molar-refractivity contribution < 1.29 is 13.2 Å². The Morgan fingerprint density at radius 2 is 1.54 bits per heavy atom. The highest BCUT2D eigenvalue weighted by Crippen LogP contribution is 2.21. The van der Waals surface area contributed by atoms with Crippen LogP contribution in [0, 0.1) is 5.92 Å². The maximum absolute atomic E-state index is 12.4. The summed E-state index contributed by atoms with van der Waals surface area (Å²) in [5.74, 6) is 0.516. The van der Waals surface area contributed by atoms with Crippen LogP contribution >= 0.6 is 0 Å². The van der Waals surface area contributed by atoms with Crippen molar-refractivity contribution in [2.24, 2.45) is 5.92 Å². The molecule has 0 atom stereocenters. The highest BCUT2D eigenvalue weighted by molar-refractivity contribution is 7.89. The van der Waals surface area contributed by atoms with Crippen molar-refractivity contribution >= 4 is 15.9 Å². The number of piperidine rings is 1. The lowest BCUT2D eigenvalue weighted by molar-refractivity contribution is 0.0687. The van der Waals surface area contributed by atoms with E-state index in [-0.39, 0.29) is 5.91 Å². The molecule has 6 heteroatoms. The smallest absolute Gasteiger partial charge is 0.253 e. The second-order valence-electron chi connectivity index (χ2n) is 6.60. The number of benzene rings is 2. The lowest BCUT2D eigenvalue weighted by Gasteiger charge is -2.32. The van der Waals surface area contributed by atoms with E-state index in [0.29, 0.717) is 17.4 Å². The molecule has 1 amide bonds. The normalized spacial score (nSPS) is 15.8. The summed E-state index contributed by atoms with van der Waals surface area (Å²) in [6, 6.07) is 17.7. The number of sulfonamides is 1. The van der Waals surface area contributed by atoms with E-state index in [1.807, 2.05) is 35.2 Å². The van der Waals surface area contributed by atoms with Gasteiger partial charge in [-0.2, -0.15) is 0 Å². The molecule has 2 aromatic carbocycles. The van der Waals surface area contributed by atoms with Crippen molar-refractivity contribution in [2.45, 2.75) is 24.2 Å². The van der Waals surface area contributed by atoms with E-state index in [1.54, 1.807) is 30.3 Å². The summed E-state index contributed by atoms with van der Waals surface area (Å²) < 4.78 is 27.1. The zero-order valence-corrected chi connectivity index (χ0v) is 15.5. The van der Waals surface area contributed by atoms with Crippen molar-refractivity contribution in [1.29, 1.82) is 0 Å².